The predicted octanol–water partition coefficient (Wildman–Crippen LogP) is 13.4. The lowest BCUT2D eigenvalue weighted by Gasteiger charge is -2.23. The zero-order valence-corrected chi connectivity index (χ0v) is 25.0. The first-order chi connectivity index (χ1) is 14.9. The summed E-state index contributed by atoms with van der Waals surface area (Å²) in [5.41, 5.74) is 0.567. The lowest BCUT2D eigenvalue weighted by Crippen LogP contribution is -2.09. The molecule has 3 atom stereocenters. The maximum atomic E-state index is 2.44. The van der Waals surface area contributed by atoms with Crippen LogP contribution in [0.5, 0.6) is 0 Å². The molecule has 0 amide bonds. The van der Waals surface area contributed by atoms with Crippen molar-refractivity contribution < 1.29 is 0 Å². The second-order valence-corrected chi connectivity index (χ2v) is 13.1. The fourth-order valence-electron chi connectivity index (χ4n) is 4.60. The Morgan fingerprint density at radius 3 is 1.12 bits per heavy atom. The van der Waals surface area contributed by atoms with Crippen LogP contribution in [-0.2, 0) is 0 Å². The molecule has 0 aromatic carbocycles. The molecule has 0 radical (unpaired) electrons. The first-order valence-corrected chi connectivity index (χ1v) is 14.9. The molecule has 34 heavy (non-hydrogen) atoms. The summed E-state index contributed by atoms with van der Waals surface area (Å²) in [6.07, 6.45) is 21.2. The highest BCUT2D eigenvalue weighted by atomic mass is 14.2. The van der Waals surface area contributed by atoms with Gasteiger partial charge in [0, 0.05) is 0 Å². The smallest absolute Gasteiger partial charge is 0.0357 e. The molecule has 0 aromatic rings. The molecule has 0 heteroatoms. The summed E-state index contributed by atoms with van der Waals surface area (Å²) < 4.78 is 0. The minimum absolute atomic E-state index is 0. The monoisotopic (exact) mass is 485 g/mol. The van der Waals surface area contributed by atoms with E-state index in [1.807, 2.05) is 0 Å². The molecule has 0 aliphatic heterocycles. The van der Waals surface area contributed by atoms with Gasteiger partial charge in [-0.25, -0.2) is 0 Å². The summed E-state index contributed by atoms with van der Waals surface area (Å²) in [6, 6.07) is 0. The van der Waals surface area contributed by atoms with Gasteiger partial charge in [0.15, 0.2) is 0 Å². The van der Waals surface area contributed by atoms with E-state index in [4.69, 9.17) is 0 Å². The van der Waals surface area contributed by atoms with Gasteiger partial charge in [0.25, 0.3) is 0 Å². The Balaban J connectivity index is -0.000000250. The van der Waals surface area contributed by atoms with Crippen molar-refractivity contribution in [1.29, 1.82) is 0 Å². The van der Waals surface area contributed by atoms with Crippen LogP contribution >= 0.6 is 0 Å². The van der Waals surface area contributed by atoms with Gasteiger partial charge in [-0.3, -0.25) is 0 Å². The Hall–Kier alpha value is 0. The van der Waals surface area contributed by atoms with E-state index in [-0.39, 0.29) is 14.9 Å². The Bertz CT molecular complexity index is 364. The molecule has 0 spiro atoms. The molecular weight excluding hydrogens is 408 g/mol. The van der Waals surface area contributed by atoms with Crippen molar-refractivity contribution in [3.8, 4) is 0 Å². The minimum Gasteiger partial charge on any atom is -0.0776 e. The van der Waals surface area contributed by atoms with E-state index in [1.54, 1.807) is 0 Å². The van der Waals surface area contributed by atoms with Gasteiger partial charge in [-0.05, 0) is 41.4 Å². The van der Waals surface area contributed by atoms with Crippen molar-refractivity contribution in [3.63, 3.8) is 0 Å². The van der Waals surface area contributed by atoms with Gasteiger partial charge in [-0.1, -0.05) is 181 Å². The van der Waals surface area contributed by atoms with Crippen LogP contribution in [0.1, 0.15) is 187 Å². The highest BCUT2D eigenvalue weighted by molar-refractivity contribution is 4.67. The fraction of sp³-hybridized carbons (Fsp3) is 1.00. The van der Waals surface area contributed by atoms with Gasteiger partial charge in [0.05, 0.1) is 0 Å². The zero-order chi connectivity index (χ0) is 25.0. The van der Waals surface area contributed by atoms with Crippen LogP contribution in [0.3, 0.4) is 0 Å². The molecule has 212 valence electrons. The summed E-state index contributed by atoms with van der Waals surface area (Å²) in [7, 11) is 0. The summed E-state index contributed by atoms with van der Waals surface area (Å²) >= 11 is 0. The summed E-state index contributed by atoms with van der Waals surface area (Å²) in [5, 5.41) is 0. The van der Waals surface area contributed by atoms with Crippen molar-refractivity contribution in [2.75, 3.05) is 0 Å². The Morgan fingerprint density at radius 1 is 0.471 bits per heavy atom. The van der Waals surface area contributed by atoms with Gasteiger partial charge in [-0.2, -0.15) is 0 Å². The van der Waals surface area contributed by atoms with Crippen molar-refractivity contribution >= 4 is 0 Å². The molecule has 0 aliphatic carbocycles. The average molecular weight is 485 g/mol. The third-order valence-corrected chi connectivity index (χ3v) is 7.64. The van der Waals surface area contributed by atoms with Crippen LogP contribution in [0.4, 0.5) is 0 Å². The molecule has 3 unspecified atom stereocenters. The van der Waals surface area contributed by atoms with Crippen molar-refractivity contribution in [2.45, 2.75) is 187 Å². The molecule has 0 nitrogen and oxygen atoms in total. The molecule has 0 saturated carbocycles. The van der Waals surface area contributed by atoms with Crippen LogP contribution < -0.4 is 0 Å². The van der Waals surface area contributed by atoms with E-state index in [0.29, 0.717) is 5.41 Å². The molecule has 0 N–H and O–H groups in total. The largest absolute Gasteiger partial charge is 0.0776 e. The molecular formula is C34H76. The number of rotatable bonds is 19. The lowest BCUT2D eigenvalue weighted by molar-refractivity contribution is 0.294. The van der Waals surface area contributed by atoms with E-state index in [0.717, 1.165) is 29.6 Å². The quantitative estimate of drug-likeness (QED) is 0.171. The van der Waals surface area contributed by atoms with Gasteiger partial charge in [0.2, 0.25) is 0 Å². The Kier molecular flexibility index (Phi) is 31.5. The Morgan fingerprint density at radius 2 is 0.794 bits per heavy atom. The van der Waals surface area contributed by atoms with E-state index >= 15 is 0 Å². The van der Waals surface area contributed by atoms with Crippen LogP contribution in [0.25, 0.3) is 0 Å². The molecule has 0 rings (SSSR count). The van der Waals surface area contributed by atoms with Gasteiger partial charge in [-0.15, -0.1) is 0 Å². The second-order valence-electron chi connectivity index (χ2n) is 13.1. The average Bonchev–Trinajstić information content (AvgIpc) is 2.68. The maximum absolute atomic E-state index is 2.44. The molecule has 0 aliphatic rings. The third kappa shape index (κ3) is 32.0. The lowest BCUT2D eigenvalue weighted by atomic mass is 9.83. The van der Waals surface area contributed by atoms with Crippen molar-refractivity contribution in [3.05, 3.63) is 0 Å². The van der Waals surface area contributed by atoms with Crippen LogP contribution in [-0.4, -0.2) is 0 Å². The van der Waals surface area contributed by atoms with Crippen LogP contribution in [0.15, 0.2) is 0 Å². The van der Waals surface area contributed by atoms with E-state index in [1.165, 1.54) is 96.3 Å². The number of hydrogen-bond donors (Lipinski definition) is 0. The second kappa shape index (κ2) is 26.1. The third-order valence-electron chi connectivity index (χ3n) is 7.64. The summed E-state index contributed by atoms with van der Waals surface area (Å²) in [6.45, 7) is 26.0. The topological polar surface area (TPSA) is 0 Å². The number of hydrogen-bond acceptors (Lipinski definition) is 0. The minimum atomic E-state index is 0. The Labute approximate surface area is 222 Å². The highest BCUT2D eigenvalue weighted by Crippen LogP contribution is 2.28. The van der Waals surface area contributed by atoms with Crippen LogP contribution in [0, 0.1) is 35.0 Å². The first kappa shape index (κ1) is 41.1. The van der Waals surface area contributed by atoms with Gasteiger partial charge < -0.3 is 0 Å². The van der Waals surface area contributed by atoms with E-state index in [2.05, 4.69) is 76.2 Å². The van der Waals surface area contributed by atoms with Gasteiger partial charge in [0.1, 0.15) is 0 Å². The van der Waals surface area contributed by atoms with Crippen molar-refractivity contribution in [2.24, 2.45) is 35.0 Å². The maximum Gasteiger partial charge on any atom is -0.0357 e. The van der Waals surface area contributed by atoms with E-state index in [9.17, 15) is 0 Å². The fourth-order valence-corrected chi connectivity index (χ4v) is 4.60. The normalized spacial score (nSPS) is 14.0. The van der Waals surface area contributed by atoms with E-state index < -0.39 is 0 Å². The van der Waals surface area contributed by atoms with Gasteiger partial charge >= 0.3 is 0 Å². The van der Waals surface area contributed by atoms with Crippen LogP contribution in [0.2, 0.25) is 0 Å². The summed E-state index contributed by atoms with van der Waals surface area (Å²) in [5.74, 6) is 4.61. The molecule has 0 bridgehead atoms. The molecule has 0 aromatic heterocycles. The standard InChI is InChI=1S/2C16H34.2CH4/c1-7-16(5,6)13-9-12-15(4)11-8-10-14(2)3;1-6-9-15(4)12-8-13-16(5)11-7-10-14(2)3;;/h14-15H,7-13H2,1-6H3;14-16H,6-13H2,1-5H3;2*1H4. The molecule has 0 fully saturated rings. The van der Waals surface area contributed by atoms with Crippen molar-refractivity contribution in [1.82, 2.24) is 0 Å². The predicted molar refractivity (Wildman–Crippen MR) is 165 cm³/mol. The molecule has 0 saturated heterocycles. The SMILES string of the molecule is C.C.CCC(C)(C)CCCC(C)CCCC(C)C.CCCC(C)CCCC(C)CCCC(C)C. The zero-order valence-electron chi connectivity index (χ0n) is 25.0. The first-order valence-electron chi connectivity index (χ1n) is 14.9. The molecule has 0 heterocycles. The summed E-state index contributed by atoms with van der Waals surface area (Å²) in [4.78, 5) is 0. The highest BCUT2D eigenvalue weighted by Gasteiger charge is 2.15.